The van der Waals surface area contributed by atoms with Gasteiger partial charge in [-0.2, -0.15) is 0 Å². The van der Waals surface area contributed by atoms with Crippen LogP contribution in [-0.4, -0.2) is 24.7 Å². The summed E-state index contributed by atoms with van der Waals surface area (Å²) in [5.41, 5.74) is 0.944. The quantitative estimate of drug-likeness (QED) is 0.531. The second-order valence-electron chi connectivity index (χ2n) is 2.56. The lowest BCUT2D eigenvalue weighted by Crippen LogP contribution is -2.05. The van der Waals surface area contributed by atoms with Gasteiger partial charge in [0.1, 0.15) is 0 Å². The first-order chi connectivity index (χ1) is 3.80. The highest BCUT2D eigenvalue weighted by Gasteiger charge is 2.15. The molecular weight excluding hydrogens is 117 g/mol. The maximum Gasteiger partial charge on any atom is 0.0158 e. The van der Waals surface area contributed by atoms with Crippen molar-refractivity contribution in [1.29, 1.82) is 0 Å². The Bertz CT molecular complexity index is 66.9. The molecule has 1 N–H and O–H groups in total. The van der Waals surface area contributed by atoms with Crippen LogP contribution in [0.4, 0.5) is 0 Å². The number of rotatable bonds is 1. The molecule has 0 saturated carbocycles. The zero-order chi connectivity index (χ0) is 5.98. The molecule has 0 aromatic rings. The Morgan fingerprint density at radius 3 is 2.50 bits per heavy atom. The van der Waals surface area contributed by atoms with Crippen molar-refractivity contribution in [2.24, 2.45) is 0 Å². The molecule has 48 valence electrons. The van der Waals surface area contributed by atoms with E-state index in [1.807, 2.05) is 0 Å². The van der Waals surface area contributed by atoms with Crippen LogP contribution >= 0.6 is 7.92 Å². The molecule has 8 heavy (non-hydrogen) atoms. The average Bonchev–Trinajstić information content (AvgIpc) is 2.12. The lowest BCUT2D eigenvalue weighted by molar-refractivity contribution is 0.884. The van der Waals surface area contributed by atoms with E-state index in [0.29, 0.717) is 7.92 Å². The summed E-state index contributed by atoms with van der Waals surface area (Å²) in [6.07, 6.45) is 2.76. The first-order valence-corrected chi connectivity index (χ1v) is 5.03. The van der Waals surface area contributed by atoms with E-state index in [0.717, 1.165) is 5.66 Å². The molecule has 1 atom stereocenters. The van der Waals surface area contributed by atoms with Crippen LogP contribution in [0.2, 0.25) is 0 Å². The van der Waals surface area contributed by atoms with Gasteiger partial charge in [-0.15, -0.1) is 0 Å². The Hall–Kier alpha value is 0.390. The molecule has 0 aromatic carbocycles. The molecule has 0 aromatic heterocycles. The van der Waals surface area contributed by atoms with Gasteiger partial charge in [0, 0.05) is 6.29 Å². The van der Waals surface area contributed by atoms with Gasteiger partial charge >= 0.3 is 0 Å². The summed E-state index contributed by atoms with van der Waals surface area (Å²) >= 11 is 0. The average molecular weight is 131 g/mol. The fourth-order valence-electron chi connectivity index (χ4n) is 0.965. The Balaban J connectivity index is 2.24. The molecular formula is C6H14NP. The standard InChI is InChI=1S/C6H14NP/c1-6(2)8-4-3-7-5-8/h6-7H,3-5H2,1-2H3. The van der Waals surface area contributed by atoms with Crippen LogP contribution in [-0.2, 0) is 0 Å². The van der Waals surface area contributed by atoms with Crippen molar-refractivity contribution in [1.82, 2.24) is 5.32 Å². The number of hydrogen-bond donors (Lipinski definition) is 1. The summed E-state index contributed by atoms with van der Waals surface area (Å²) in [7, 11) is 0.385. The zero-order valence-electron chi connectivity index (χ0n) is 5.65. The SMILES string of the molecule is CC(C)P1CCNC1. The van der Waals surface area contributed by atoms with E-state index in [9.17, 15) is 0 Å². The third kappa shape index (κ3) is 1.43. The summed E-state index contributed by atoms with van der Waals surface area (Å²) in [6, 6.07) is 0. The van der Waals surface area contributed by atoms with Gasteiger partial charge < -0.3 is 5.32 Å². The third-order valence-electron chi connectivity index (χ3n) is 1.62. The third-order valence-corrected chi connectivity index (χ3v) is 4.51. The lowest BCUT2D eigenvalue weighted by Gasteiger charge is -2.11. The molecule has 1 fully saturated rings. The molecule has 1 rings (SSSR count). The summed E-state index contributed by atoms with van der Waals surface area (Å²) in [6.45, 7) is 5.93. The fourth-order valence-corrected chi connectivity index (χ4v) is 2.90. The van der Waals surface area contributed by atoms with Gasteiger partial charge in [-0.25, -0.2) is 0 Å². The highest BCUT2D eigenvalue weighted by atomic mass is 31.1. The van der Waals surface area contributed by atoms with Crippen molar-refractivity contribution in [3.8, 4) is 0 Å². The molecule has 0 spiro atoms. The van der Waals surface area contributed by atoms with E-state index >= 15 is 0 Å². The van der Waals surface area contributed by atoms with Crippen LogP contribution in [0, 0.1) is 0 Å². The minimum Gasteiger partial charge on any atom is -0.312 e. The number of hydrogen-bond acceptors (Lipinski definition) is 1. The van der Waals surface area contributed by atoms with Crippen molar-refractivity contribution in [3.05, 3.63) is 0 Å². The first kappa shape index (κ1) is 6.51. The van der Waals surface area contributed by atoms with E-state index in [1.165, 1.54) is 19.0 Å². The van der Waals surface area contributed by atoms with E-state index in [1.54, 1.807) is 0 Å². The summed E-state index contributed by atoms with van der Waals surface area (Å²) in [5.74, 6) is 0. The van der Waals surface area contributed by atoms with Crippen LogP contribution in [0.25, 0.3) is 0 Å². The van der Waals surface area contributed by atoms with E-state index < -0.39 is 0 Å². The van der Waals surface area contributed by atoms with Gasteiger partial charge in [0.15, 0.2) is 0 Å². The minimum absolute atomic E-state index is 0.385. The highest BCUT2D eigenvalue weighted by Crippen LogP contribution is 2.41. The van der Waals surface area contributed by atoms with Crippen LogP contribution < -0.4 is 5.32 Å². The molecule has 0 aliphatic carbocycles. The predicted molar refractivity (Wildman–Crippen MR) is 39.8 cm³/mol. The first-order valence-electron chi connectivity index (χ1n) is 3.25. The van der Waals surface area contributed by atoms with Crippen molar-refractivity contribution in [2.45, 2.75) is 19.5 Å². The van der Waals surface area contributed by atoms with Crippen molar-refractivity contribution in [2.75, 3.05) is 19.0 Å². The van der Waals surface area contributed by atoms with Gasteiger partial charge in [0.05, 0.1) is 0 Å². The van der Waals surface area contributed by atoms with Gasteiger partial charge in [-0.1, -0.05) is 21.8 Å². The van der Waals surface area contributed by atoms with Gasteiger partial charge in [-0.3, -0.25) is 0 Å². The van der Waals surface area contributed by atoms with Gasteiger partial charge in [0.25, 0.3) is 0 Å². The fraction of sp³-hybridized carbons (Fsp3) is 1.00. The largest absolute Gasteiger partial charge is 0.312 e. The Morgan fingerprint density at radius 1 is 1.50 bits per heavy atom. The molecule has 0 radical (unpaired) electrons. The van der Waals surface area contributed by atoms with Crippen LogP contribution in [0.1, 0.15) is 13.8 Å². The topological polar surface area (TPSA) is 12.0 Å². The van der Waals surface area contributed by atoms with E-state index in [-0.39, 0.29) is 0 Å². The lowest BCUT2D eigenvalue weighted by atomic mass is 10.6. The molecule has 1 heterocycles. The van der Waals surface area contributed by atoms with Crippen molar-refractivity contribution < 1.29 is 0 Å². The zero-order valence-corrected chi connectivity index (χ0v) is 6.54. The van der Waals surface area contributed by atoms with Crippen LogP contribution in [0.3, 0.4) is 0 Å². The summed E-state index contributed by atoms with van der Waals surface area (Å²) in [4.78, 5) is 0. The Kier molecular flexibility index (Phi) is 2.27. The molecule has 0 amide bonds. The number of nitrogens with one attached hydrogen (secondary N) is 1. The Morgan fingerprint density at radius 2 is 2.25 bits per heavy atom. The molecule has 1 nitrogen and oxygen atoms in total. The maximum absolute atomic E-state index is 3.38. The van der Waals surface area contributed by atoms with Crippen molar-refractivity contribution in [3.63, 3.8) is 0 Å². The summed E-state index contributed by atoms with van der Waals surface area (Å²) in [5, 5.41) is 3.38. The summed E-state index contributed by atoms with van der Waals surface area (Å²) < 4.78 is 0. The second kappa shape index (κ2) is 2.80. The molecule has 1 aliphatic heterocycles. The molecule has 0 bridgehead atoms. The molecule has 1 unspecified atom stereocenters. The second-order valence-corrected chi connectivity index (χ2v) is 5.54. The molecule has 2 heteroatoms. The van der Waals surface area contributed by atoms with Crippen LogP contribution in [0.5, 0.6) is 0 Å². The molecule has 1 aliphatic rings. The van der Waals surface area contributed by atoms with Gasteiger partial charge in [0.2, 0.25) is 0 Å². The predicted octanol–water partition coefficient (Wildman–Crippen LogP) is 1.44. The smallest absolute Gasteiger partial charge is 0.0158 e. The van der Waals surface area contributed by atoms with Crippen LogP contribution in [0.15, 0.2) is 0 Å². The van der Waals surface area contributed by atoms with Gasteiger partial charge in [-0.05, 0) is 18.4 Å². The Labute approximate surface area is 52.6 Å². The highest BCUT2D eigenvalue weighted by molar-refractivity contribution is 7.58. The van der Waals surface area contributed by atoms with E-state index in [2.05, 4.69) is 19.2 Å². The normalized spacial score (nSPS) is 29.6. The van der Waals surface area contributed by atoms with Crippen molar-refractivity contribution >= 4 is 7.92 Å². The molecule has 1 saturated heterocycles. The maximum atomic E-state index is 3.38. The monoisotopic (exact) mass is 131 g/mol. The van der Waals surface area contributed by atoms with E-state index in [4.69, 9.17) is 0 Å². The minimum atomic E-state index is 0.385.